The maximum atomic E-state index is 13.4. The van der Waals surface area contributed by atoms with Gasteiger partial charge in [0, 0.05) is 6.54 Å². The van der Waals surface area contributed by atoms with Gasteiger partial charge in [-0.05, 0) is 18.1 Å². The number of rotatable bonds is 4. The zero-order chi connectivity index (χ0) is 14.0. The van der Waals surface area contributed by atoms with E-state index in [1.165, 1.54) is 11.0 Å². The van der Waals surface area contributed by atoms with Crippen LogP contribution >= 0.6 is 0 Å². The second kappa shape index (κ2) is 5.09. The number of carboxylic acids is 1. The summed E-state index contributed by atoms with van der Waals surface area (Å²) < 4.78 is 13.4. The molecule has 1 aromatic carbocycles. The highest BCUT2D eigenvalue weighted by atomic mass is 19.1. The van der Waals surface area contributed by atoms with Gasteiger partial charge in [-0.15, -0.1) is 0 Å². The van der Waals surface area contributed by atoms with Gasteiger partial charge in [0.05, 0.1) is 12.0 Å². The predicted molar refractivity (Wildman–Crippen MR) is 65.3 cm³/mol. The van der Waals surface area contributed by atoms with Crippen LogP contribution in [0, 0.1) is 5.82 Å². The van der Waals surface area contributed by atoms with Crippen LogP contribution in [-0.4, -0.2) is 28.4 Å². The van der Waals surface area contributed by atoms with Crippen LogP contribution in [0.5, 0.6) is 0 Å². The Morgan fingerprint density at radius 1 is 1.42 bits per heavy atom. The highest BCUT2D eigenvalue weighted by Gasteiger charge is 2.31. The molecular formula is C13H13FN2O3. The molecule has 0 atom stereocenters. The third-order valence-corrected chi connectivity index (χ3v) is 3.05. The third kappa shape index (κ3) is 2.57. The van der Waals surface area contributed by atoms with E-state index in [0.29, 0.717) is 5.56 Å². The number of carbonyl (C=O) groups is 2. The van der Waals surface area contributed by atoms with Gasteiger partial charge in [-0.2, -0.15) is 0 Å². The molecule has 1 aliphatic heterocycles. The molecule has 1 amide bonds. The molecule has 0 spiro atoms. The standard InChI is InChI=1S/C13H13FN2O3/c14-10-4-2-1-3-8(10)5-6-16-11(17)7-9(12(16)15)13(18)19/h1-4H,5-7,15H2,(H,18,19). The van der Waals surface area contributed by atoms with Crippen molar-refractivity contribution >= 4 is 11.9 Å². The largest absolute Gasteiger partial charge is 0.478 e. The molecule has 0 aliphatic carbocycles. The zero-order valence-corrected chi connectivity index (χ0v) is 10.1. The van der Waals surface area contributed by atoms with E-state index in [-0.39, 0.29) is 42.5 Å². The summed E-state index contributed by atoms with van der Waals surface area (Å²) in [7, 11) is 0. The van der Waals surface area contributed by atoms with E-state index >= 15 is 0 Å². The second-order valence-corrected chi connectivity index (χ2v) is 4.23. The van der Waals surface area contributed by atoms with Crippen LogP contribution in [0.15, 0.2) is 35.7 Å². The van der Waals surface area contributed by atoms with Crippen LogP contribution in [-0.2, 0) is 16.0 Å². The van der Waals surface area contributed by atoms with Gasteiger partial charge in [0.25, 0.3) is 0 Å². The highest BCUT2D eigenvalue weighted by Crippen LogP contribution is 2.21. The average molecular weight is 264 g/mol. The van der Waals surface area contributed by atoms with Gasteiger partial charge in [0.1, 0.15) is 11.6 Å². The third-order valence-electron chi connectivity index (χ3n) is 3.05. The number of nitrogens with zero attached hydrogens (tertiary/aromatic N) is 1. The van der Waals surface area contributed by atoms with Crippen molar-refractivity contribution in [3.05, 3.63) is 47.0 Å². The van der Waals surface area contributed by atoms with Crippen LogP contribution < -0.4 is 5.73 Å². The van der Waals surface area contributed by atoms with E-state index in [9.17, 15) is 14.0 Å². The van der Waals surface area contributed by atoms with Gasteiger partial charge in [0.2, 0.25) is 5.91 Å². The van der Waals surface area contributed by atoms with Crippen molar-refractivity contribution in [1.82, 2.24) is 4.90 Å². The van der Waals surface area contributed by atoms with E-state index in [2.05, 4.69) is 0 Å². The van der Waals surface area contributed by atoms with Gasteiger partial charge in [-0.1, -0.05) is 18.2 Å². The molecule has 1 heterocycles. The first kappa shape index (κ1) is 13.1. The number of benzene rings is 1. The van der Waals surface area contributed by atoms with Crippen molar-refractivity contribution in [2.45, 2.75) is 12.8 Å². The summed E-state index contributed by atoms with van der Waals surface area (Å²) >= 11 is 0. The average Bonchev–Trinajstić information content (AvgIpc) is 2.65. The fourth-order valence-corrected chi connectivity index (χ4v) is 2.00. The molecule has 5 nitrogen and oxygen atoms in total. The Morgan fingerprint density at radius 3 is 2.68 bits per heavy atom. The van der Waals surface area contributed by atoms with Gasteiger partial charge >= 0.3 is 5.97 Å². The minimum Gasteiger partial charge on any atom is -0.478 e. The predicted octanol–water partition coefficient (Wildman–Crippen LogP) is 0.855. The van der Waals surface area contributed by atoms with Crippen molar-refractivity contribution in [3.8, 4) is 0 Å². The van der Waals surface area contributed by atoms with Gasteiger partial charge in [0.15, 0.2) is 0 Å². The van der Waals surface area contributed by atoms with E-state index in [1.54, 1.807) is 18.2 Å². The van der Waals surface area contributed by atoms with Crippen LogP contribution in [0.2, 0.25) is 0 Å². The quantitative estimate of drug-likeness (QED) is 0.844. The molecule has 1 aliphatic rings. The van der Waals surface area contributed by atoms with Crippen molar-refractivity contribution in [1.29, 1.82) is 0 Å². The first-order valence-electron chi connectivity index (χ1n) is 5.76. The zero-order valence-electron chi connectivity index (χ0n) is 10.1. The number of carbonyl (C=O) groups excluding carboxylic acids is 1. The molecule has 0 unspecified atom stereocenters. The van der Waals surface area contributed by atoms with Gasteiger partial charge in [-0.25, -0.2) is 9.18 Å². The number of aliphatic carboxylic acids is 1. The molecule has 0 aromatic heterocycles. The number of carboxylic acid groups (broad SMARTS) is 1. The first-order valence-corrected chi connectivity index (χ1v) is 5.76. The second-order valence-electron chi connectivity index (χ2n) is 4.23. The molecule has 0 bridgehead atoms. The Morgan fingerprint density at radius 2 is 2.11 bits per heavy atom. The Kier molecular flexibility index (Phi) is 3.50. The number of amides is 1. The summed E-state index contributed by atoms with van der Waals surface area (Å²) in [5, 5.41) is 8.87. The Balaban J connectivity index is 2.10. The molecule has 0 fully saturated rings. The molecule has 0 radical (unpaired) electrons. The van der Waals surface area contributed by atoms with Gasteiger partial charge < -0.3 is 10.8 Å². The smallest absolute Gasteiger partial charge is 0.335 e. The lowest BCUT2D eigenvalue weighted by molar-refractivity contribution is -0.134. The lowest BCUT2D eigenvalue weighted by Crippen LogP contribution is -2.31. The number of halogens is 1. The lowest BCUT2D eigenvalue weighted by atomic mass is 10.1. The SMILES string of the molecule is NC1=C(C(=O)O)CC(=O)N1CCc1ccccc1F. The summed E-state index contributed by atoms with van der Waals surface area (Å²) in [4.78, 5) is 23.7. The molecule has 100 valence electrons. The number of nitrogens with two attached hydrogens (primary N) is 1. The molecule has 1 aromatic rings. The molecule has 0 saturated carbocycles. The number of hydrogen-bond acceptors (Lipinski definition) is 3. The maximum absolute atomic E-state index is 13.4. The fraction of sp³-hybridized carbons (Fsp3) is 0.231. The first-order chi connectivity index (χ1) is 9.00. The monoisotopic (exact) mass is 264 g/mol. The van der Waals surface area contributed by atoms with Crippen LogP contribution in [0.3, 0.4) is 0 Å². The molecule has 2 rings (SSSR count). The lowest BCUT2D eigenvalue weighted by Gasteiger charge is -2.17. The highest BCUT2D eigenvalue weighted by molar-refractivity contribution is 5.99. The summed E-state index contributed by atoms with van der Waals surface area (Å²) in [6.45, 7) is 0.169. The number of hydrogen-bond donors (Lipinski definition) is 2. The molecule has 3 N–H and O–H groups in total. The minimum atomic E-state index is -1.20. The van der Waals surface area contributed by atoms with Crippen molar-refractivity contribution in [3.63, 3.8) is 0 Å². The van der Waals surface area contributed by atoms with E-state index in [0.717, 1.165) is 0 Å². The van der Waals surface area contributed by atoms with Crippen molar-refractivity contribution in [2.24, 2.45) is 5.73 Å². The summed E-state index contributed by atoms with van der Waals surface area (Å²) in [6.07, 6.45) is 0.0739. The fourth-order valence-electron chi connectivity index (χ4n) is 2.00. The van der Waals surface area contributed by atoms with Crippen LogP contribution in [0.4, 0.5) is 4.39 Å². The van der Waals surface area contributed by atoms with E-state index in [4.69, 9.17) is 10.8 Å². The van der Waals surface area contributed by atoms with E-state index in [1.807, 2.05) is 0 Å². The normalized spacial score (nSPS) is 15.2. The summed E-state index contributed by atoms with van der Waals surface area (Å²) in [5.41, 5.74) is 5.99. The van der Waals surface area contributed by atoms with Crippen molar-refractivity contribution in [2.75, 3.05) is 6.54 Å². The Bertz CT molecular complexity index is 569. The molecule has 19 heavy (non-hydrogen) atoms. The van der Waals surface area contributed by atoms with E-state index < -0.39 is 5.97 Å². The Labute approximate surface area is 109 Å². The van der Waals surface area contributed by atoms with Gasteiger partial charge in [-0.3, -0.25) is 9.69 Å². The topological polar surface area (TPSA) is 83.6 Å². The Hall–Kier alpha value is -2.37. The summed E-state index contributed by atoms with van der Waals surface area (Å²) in [5.74, 6) is -1.96. The van der Waals surface area contributed by atoms with Crippen LogP contribution in [0.1, 0.15) is 12.0 Å². The molecule has 6 heteroatoms. The van der Waals surface area contributed by atoms with Crippen molar-refractivity contribution < 1.29 is 19.1 Å². The summed E-state index contributed by atoms with van der Waals surface area (Å²) in [6, 6.07) is 6.24. The van der Waals surface area contributed by atoms with Crippen LogP contribution in [0.25, 0.3) is 0 Å². The maximum Gasteiger partial charge on any atom is 0.335 e. The molecular weight excluding hydrogens is 251 g/mol. The molecule has 0 saturated heterocycles. The minimum absolute atomic E-state index is 0.0474.